The standard InChI is InChI=1S/C16H31/c1-4-7-8-9-10-16-13-14(5-2)11-12-15(16)6-3/h14-15H,4-13H2,1-3H3. The molecule has 0 heterocycles. The van der Waals surface area contributed by atoms with Gasteiger partial charge in [0, 0.05) is 0 Å². The van der Waals surface area contributed by atoms with Crippen molar-refractivity contribution < 1.29 is 0 Å². The highest BCUT2D eigenvalue weighted by atomic mass is 14.3. The minimum atomic E-state index is 0.976. The van der Waals surface area contributed by atoms with Gasteiger partial charge in [0.1, 0.15) is 0 Å². The molecule has 0 N–H and O–H groups in total. The van der Waals surface area contributed by atoms with Crippen molar-refractivity contribution in [1.82, 2.24) is 0 Å². The van der Waals surface area contributed by atoms with Crippen LogP contribution in [-0.2, 0) is 0 Å². The van der Waals surface area contributed by atoms with E-state index in [1.807, 2.05) is 5.92 Å². The van der Waals surface area contributed by atoms with Gasteiger partial charge in [-0.05, 0) is 37.0 Å². The normalized spacial score (nSPS) is 27.2. The third-order valence-corrected chi connectivity index (χ3v) is 4.47. The maximum absolute atomic E-state index is 2.38. The van der Waals surface area contributed by atoms with Gasteiger partial charge in [-0.3, -0.25) is 0 Å². The minimum absolute atomic E-state index is 0.976. The molecule has 0 saturated heterocycles. The average molecular weight is 223 g/mol. The van der Waals surface area contributed by atoms with E-state index in [-0.39, 0.29) is 0 Å². The molecule has 2 atom stereocenters. The number of hydrogen-bond acceptors (Lipinski definition) is 0. The molecule has 0 bridgehead atoms. The summed E-state index contributed by atoms with van der Waals surface area (Å²) in [5.41, 5.74) is 0. The number of unbranched alkanes of at least 4 members (excludes halogenated alkanes) is 3. The first-order valence-electron chi connectivity index (χ1n) is 7.66. The van der Waals surface area contributed by atoms with Crippen molar-refractivity contribution in [3.8, 4) is 0 Å². The predicted molar refractivity (Wildman–Crippen MR) is 73.4 cm³/mol. The molecule has 0 spiro atoms. The Morgan fingerprint density at radius 1 is 0.938 bits per heavy atom. The molecule has 0 aliphatic heterocycles. The van der Waals surface area contributed by atoms with Gasteiger partial charge < -0.3 is 0 Å². The van der Waals surface area contributed by atoms with Crippen LogP contribution in [0.3, 0.4) is 0 Å². The molecular weight excluding hydrogens is 192 g/mol. The molecule has 1 radical (unpaired) electrons. The lowest BCUT2D eigenvalue weighted by atomic mass is 9.70. The second-order valence-electron chi connectivity index (χ2n) is 5.63. The van der Waals surface area contributed by atoms with Crippen LogP contribution in [0.15, 0.2) is 0 Å². The Bertz CT molecular complexity index is 161. The van der Waals surface area contributed by atoms with Gasteiger partial charge in [-0.1, -0.05) is 65.7 Å². The van der Waals surface area contributed by atoms with Gasteiger partial charge in [-0.25, -0.2) is 0 Å². The van der Waals surface area contributed by atoms with E-state index in [4.69, 9.17) is 0 Å². The molecule has 0 amide bonds. The van der Waals surface area contributed by atoms with E-state index >= 15 is 0 Å². The highest BCUT2D eigenvalue weighted by molar-refractivity contribution is 5.00. The van der Waals surface area contributed by atoms with Crippen LogP contribution in [-0.4, -0.2) is 0 Å². The lowest BCUT2D eigenvalue weighted by Gasteiger charge is -2.35. The van der Waals surface area contributed by atoms with Crippen molar-refractivity contribution in [3.05, 3.63) is 5.92 Å². The van der Waals surface area contributed by atoms with Crippen molar-refractivity contribution in [1.29, 1.82) is 0 Å². The Morgan fingerprint density at radius 3 is 2.38 bits per heavy atom. The molecule has 1 aliphatic rings. The lowest BCUT2D eigenvalue weighted by Crippen LogP contribution is -2.22. The summed E-state index contributed by atoms with van der Waals surface area (Å²) < 4.78 is 0. The summed E-state index contributed by atoms with van der Waals surface area (Å²) in [6.07, 6.45) is 14.4. The highest BCUT2D eigenvalue weighted by Gasteiger charge is 2.28. The van der Waals surface area contributed by atoms with Crippen LogP contribution >= 0.6 is 0 Å². The van der Waals surface area contributed by atoms with Gasteiger partial charge in [0.25, 0.3) is 0 Å². The van der Waals surface area contributed by atoms with Crippen molar-refractivity contribution in [2.75, 3.05) is 0 Å². The molecule has 0 aromatic heterocycles. The van der Waals surface area contributed by atoms with Gasteiger partial charge >= 0.3 is 0 Å². The van der Waals surface area contributed by atoms with Gasteiger partial charge in [-0.2, -0.15) is 0 Å². The van der Waals surface area contributed by atoms with E-state index < -0.39 is 0 Å². The monoisotopic (exact) mass is 223 g/mol. The van der Waals surface area contributed by atoms with Crippen molar-refractivity contribution in [3.63, 3.8) is 0 Å². The third kappa shape index (κ3) is 4.47. The molecule has 1 aliphatic carbocycles. The number of hydrogen-bond donors (Lipinski definition) is 0. The SMILES string of the molecule is CCCCCC[C]1CC(CC)CCC1CC. The number of rotatable bonds is 7. The van der Waals surface area contributed by atoms with Crippen LogP contribution in [0.5, 0.6) is 0 Å². The largest absolute Gasteiger partial charge is 0.0654 e. The first kappa shape index (κ1) is 14.1. The fourth-order valence-corrected chi connectivity index (χ4v) is 3.21. The topological polar surface area (TPSA) is 0 Å². The van der Waals surface area contributed by atoms with E-state index in [9.17, 15) is 0 Å². The van der Waals surface area contributed by atoms with Gasteiger partial charge in [-0.15, -0.1) is 0 Å². The summed E-state index contributed by atoms with van der Waals surface area (Å²) in [6, 6.07) is 0. The van der Waals surface area contributed by atoms with E-state index in [1.165, 1.54) is 64.2 Å². The Morgan fingerprint density at radius 2 is 1.75 bits per heavy atom. The fraction of sp³-hybridized carbons (Fsp3) is 0.938. The van der Waals surface area contributed by atoms with Crippen molar-refractivity contribution >= 4 is 0 Å². The maximum Gasteiger partial charge on any atom is -0.0207 e. The zero-order valence-corrected chi connectivity index (χ0v) is 11.7. The quantitative estimate of drug-likeness (QED) is 0.481. The fourth-order valence-electron chi connectivity index (χ4n) is 3.21. The van der Waals surface area contributed by atoms with Crippen LogP contribution in [0.25, 0.3) is 0 Å². The molecule has 95 valence electrons. The minimum Gasteiger partial charge on any atom is -0.0654 e. The molecule has 0 aromatic carbocycles. The Hall–Kier alpha value is 0. The lowest BCUT2D eigenvalue weighted by molar-refractivity contribution is 0.278. The van der Waals surface area contributed by atoms with Crippen LogP contribution in [0.4, 0.5) is 0 Å². The average Bonchev–Trinajstić information content (AvgIpc) is 2.34. The molecule has 1 fully saturated rings. The smallest absolute Gasteiger partial charge is 0.0207 e. The first-order valence-corrected chi connectivity index (χ1v) is 7.66. The first-order chi connectivity index (χ1) is 7.81. The summed E-state index contributed by atoms with van der Waals surface area (Å²) in [5, 5.41) is 0. The zero-order valence-electron chi connectivity index (χ0n) is 11.7. The van der Waals surface area contributed by atoms with Gasteiger partial charge in [0.15, 0.2) is 0 Å². The van der Waals surface area contributed by atoms with Crippen molar-refractivity contribution in [2.24, 2.45) is 11.8 Å². The van der Waals surface area contributed by atoms with Crippen LogP contribution in [0.2, 0.25) is 0 Å². The van der Waals surface area contributed by atoms with E-state index in [1.54, 1.807) is 0 Å². The molecule has 0 heteroatoms. The molecule has 16 heavy (non-hydrogen) atoms. The Kier molecular flexibility index (Phi) is 7.16. The molecule has 2 unspecified atom stereocenters. The summed E-state index contributed by atoms with van der Waals surface area (Å²) in [6.45, 7) is 7.05. The van der Waals surface area contributed by atoms with Crippen LogP contribution in [0, 0.1) is 17.8 Å². The summed E-state index contributed by atoms with van der Waals surface area (Å²) in [7, 11) is 0. The predicted octanol–water partition coefficient (Wildman–Crippen LogP) is 5.77. The van der Waals surface area contributed by atoms with Gasteiger partial charge in [0.2, 0.25) is 0 Å². The Balaban J connectivity index is 2.27. The summed E-state index contributed by atoms with van der Waals surface area (Å²) in [5.74, 6) is 3.92. The molecule has 0 nitrogen and oxygen atoms in total. The summed E-state index contributed by atoms with van der Waals surface area (Å²) >= 11 is 0. The molecule has 1 saturated carbocycles. The zero-order chi connectivity index (χ0) is 11.8. The Labute approximate surface area is 103 Å². The maximum atomic E-state index is 2.38. The molecular formula is C16H31. The molecule has 0 aromatic rings. The van der Waals surface area contributed by atoms with E-state index in [0.717, 1.165) is 11.8 Å². The van der Waals surface area contributed by atoms with Crippen LogP contribution < -0.4 is 0 Å². The van der Waals surface area contributed by atoms with E-state index in [0.29, 0.717) is 0 Å². The van der Waals surface area contributed by atoms with Gasteiger partial charge in [0.05, 0.1) is 0 Å². The van der Waals surface area contributed by atoms with Crippen LogP contribution in [0.1, 0.15) is 85.0 Å². The highest BCUT2D eigenvalue weighted by Crippen LogP contribution is 2.41. The second-order valence-corrected chi connectivity index (χ2v) is 5.63. The summed E-state index contributed by atoms with van der Waals surface area (Å²) in [4.78, 5) is 0. The second kappa shape index (κ2) is 8.14. The van der Waals surface area contributed by atoms with Crippen molar-refractivity contribution in [2.45, 2.75) is 85.0 Å². The third-order valence-electron chi connectivity index (χ3n) is 4.47. The molecule has 1 rings (SSSR count). The van der Waals surface area contributed by atoms with E-state index in [2.05, 4.69) is 20.8 Å².